The van der Waals surface area contributed by atoms with E-state index in [-0.39, 0.29) is 5.91 Å². The number of rotatable bonds is 6. The first-order chi connectivity index (χ1) is 9.74. The summed E-state index contributed by atoms with van der Waals surface area (Å²) in [6.45, 7) is 5.12. The Morgan fingerprint density at radius 3 is 2.65 bits per heavy atom. The minimum Gasteiger partial charge on any atom is -0.379 e. The van der Waals surface area contributed by atoms with E-state index in [9.17, 15) is 4.79 Å². The zero-order valence-electron chi connectivity index (χ0n) is 11.6. The third-order valence-electron chi connectivity index (χ3n) is 3.41. The fourth-order valence-electron chi connectivity index (χ4n) is 2.18. The van der Waals surface area contributed by atoms with Crippen molar-refractivity contribution in [3.8, 4) is 0 Å². The SMILES string of the molecule is O=C(CCc1ccc(Cl)cc1)NCCN1CCOCC1. The first-order valence-electron chi connectivity index (χ1n) is 7.05. The highest BCUT2D eigenvalue weighted by molar-refractivity contribution is 6.30. The molecular formula is C15H21ClN2O2. The fourth-order valence-corrected chi connectivity index (χ4v) is 2.30. The van der Waals surface area contributed by atoms with Gasteiger partial charge in [0.2, 0.25) is 5.91 Å². The minimum atomic E-state index is 0.105. The summed E-state index contributed by atoms with van der Waals surface area (Å²) in [6.07, 6.45) is 1.27. The van der Waals surface area contributed by atoms with Crippen molar-refractivity contribution < 1.29 is 9.53 Å². The van der Waals surface area contributed by atoms with Gasteiger partial charge in [-0.3, -0.25) is 9.69 Å². The van der Waals surface area contributed by atoms with Gasteiger partial charge in [0.15, 0.2) is 0 Å². The molecule has 5 heteroatoms. The average Bonchev–Trinajstić information content (AvgIpc) is 2.48. The quantitative estimate of drug-likeness (QED) is 0.869. The maximum absolute atomic E-state index is 11.7. The largest absolute Gasteiger partial charge is 0.379 e. The van der Waals surface area contributed by atoms with Gasteiger partial charge in [-0.2, -0.15) is 0 Å². The number of ether oxygens (including phenoxy) is 1. The summed E-state index contributed by atoms with van der Waals surface area (Å²) < 4.78 is 5.28. The number of carbonyl (C=O) groups is 1. The summed E-state index contributed by atoms with van der Waals surface area (Å²) in [5, 5.41) is 3.69. The molecule has 0 aliphatic carbocycles. The molecule has 1 N–H and O–H groups in total. The van der Waals surface area contributed by atoms with Gasteiger partial charge in [-0.05, 0) is 24.1 Å². The van der Waals surface area contributed by atoms with Crippen LogP contribution >= 0.6 is 11.6 Å². The van der Waals surface area contributed by atoms with Gasteiger partial charge in [-0.25, -0.2) is 0 Å². The molecule has 110 valence electrons. The molecule has 0 aromatic heterocycles. The van der Waals surface area contributed by atoms with Gasteiger partial charge in [0.05, 0.1) is 13.2 Å². The van der Waals surface area contributed by atoms with Gasteiger partial charge in [-0.15, -0.1) is 0 Å². The van der Waals surface area contributed by atoms with Crippen molar-refractivity contribution >= 4 is 17.5 Å². The lowest BCUT2D eigenvalue weighted by atomic mass is 10.1. The summed E-state index contributed by atoms with van der Waals surface area (Å²) in [7, 11) is 0. The summed E-state index contributed by atoms with van der Waals surface area (Å²) in [6, 6.07) is 7.63. The predicted molar refractivity (Wildman–Crippen MR) is 80.0 cm³/mol. The van der Waals surface area contributed by atoms with Crippen molar-refractivity contribution in [2.45, 2.75) is 12.8 Å². The van der Waals surface area contributed by atoms with E-state index in [1.807, 2.05) is 24.3 Å². The van der Waals surface area contributed by atoms with E-state index in [1.54, 1.807) is 0 Å². The van der Waals surface area contributed by atoms with Crippen LogP contribution in [0.1, 0.15) is 12.0 Å². The van der Waals surface area contributed by atoms with Crippen molar-refractivity contribution in [3.63, 3.8) is 0 Å². The Hall–Kier alpha value is -1.10. The second-order valence-corrected chi connectivity index (χ2v) is 5.37. The first kappa shape index (κ1) is 15.3. The van der Waals surface area contributed by atoms with Gasteiger partial charge >= 0.3 is 0 Å². The van der Waals surface area contributed by atoms with Crippen LogP contribution in [0.4, 0.5) is 0 Å². The number of nitrogens with zero attached hydrogens (tertiary/aromatic N) is 1. The third-order valence-corrected chi connectivity index (χ3v) is 3.66. The van der Waals surface area contributed by atoms with E-state index < -0.39 is 0 Å². The molecule has 1 amide bonds. The Morgan fingerprint density at radius 2 is 1.95 bits per heavy atom. The van der Waals surface area contributed by atoms with Gasteiger partial charge < -0.3 is 10.1 Å². The number of nitrogens with one attached hydrogen (secondary N) is 1. The van der Waals surface area contributed by atoms with E-state index in [4.69, 9.17) is 16.3 Å². The highest BCUT2D eigenvalue weighted by Crippen LogP contribution is 2.10. The third kappa shape index (κ3) is 5.49. The summed E-state index contributed by atoms with van der Waals surface area (Å²) in [4.78, 5) is 14.1. The van der Waals surface area contributed by atoms with E-state index >= 15 is 0 Å². The van der Waals surface area contributed by atoms with Crippen LogP contribution in [0.15, 0.2) is 24.3 Å². The van der Waals surface area contributed by atoms with Crippen molar-refractivity contribution in [1.82, 2.24) is 10.2 Å². The summed E-state index contributed by atoms with van der Waals surface area (Å²) >= 11 is 5.82. The second-order valence-electron chi connectivity index (χ2n) is 4.93. The number of hydrogen-bond acceptors (Lipinski definition) is 3. The molecule has 1 aliphatic heterocycles. The highest BCUT2D eigenvalue weighted by atomic mass is 35.5. The van der Waals surface area contributed by atoms with Crippen molar-refractivity contribution in [2.75, 3.05) is 39.4 Å². The lowest BCUT2D eigenvalue weighted by molar-refractivity contribution is -0.121. The van der Waals surface area contributed by atoms with Crippen LogP contribution in [-0.4, -0.2) is 50.2 Å². The van der Waals surface area contributed by atoms with Crippen LogP contribution in [-0.2, 0) is 16.0 Å². The smallest absolute Gasteiger partial charge is 0.220 e. The van der Waals surface area contributed by atoms with Crippen molar-refractivity contribution in [2.24, 2.45) is 0 Å². The Labute approximate surface area is 125 Å². The molecule has 1 saturated heterocycles. The van der Waals surface area contributed by atoms with Crippen LogP contribution in [0.25, 0.3) is 0 Å². The monoisotopic (exact) mass is 296 g/mol. The molecule has 1 fully saturated rings. The average molecular weight is 297 g/mol. The number of benzene rings is 1. The number of amides is 1. The molecule has 0 spiro atoms. The standard InChI is InChI=1S/C15H21ClN2O2/c16-14-4-1-13(2-5-14)3-6-15(19)17-7-8-18-9-11-20-12-10-18/h1-2,4-5H,3,6-12H2,(H,17,19). The number of hydrogen-bond donors (Lipinski definition) is 1. The normalized spacial score (nSPS) is 16.1. The predicted octanol–water partition coefficient (Wildman–Crippen LogP) is 1.72. The highest BCUT2D eigenvalue weighted by Gasteiger charge is 2.10. The molecule has 1 aromatic rings. The van der Waals surface area contributed by atoms with Gasteiger partial charge in [0, 0.05) is 37.6 Å². The maximum atomic E-state index is 11.7. The molecule has 0 saturated carbocycles. The van der Waals surface area contributed by atoms with Crippen molar-refractivity contribution in [3.05, 3.63) is 34.9 Å². The topological polar surface area (TPSA) is 41.6 Å². The van der Waals surface area contributed by atoms with Crippen LogP contribution in [0.5, 0.6) is 0 Å². The number of aryl methyl sites for hydroxylation is 1. The molecule has 1 heterocycles. The van der Waals surface area contributed by atoms with Gasteiger partial charge in [0.1, 0.15) is 0 Å². The van der Waals surface area contributed by atoms with E-state index in [1.165, 1.54) is 0 Å². The zero-order chi connectivity index (χ0) is 14.2. The molecule has 0 atom stereocenters. The molecule has 20 heavy (non-hydrogen) atoms. The lowest BCUT2D eigenvalue weighted by Gasteiger charge is -2.26. The number of carbonyl (C=O) groups excluding carboxylic acids is 1. The lowest BCUT2D eigenvalue weighted by Crippen LogP contribution is -2.41. The van der Waals surface area contributed by atoms with Crippen LogP contribution < -0.4 is 5.32 Å². The molecule has 1 aromatic carbocycles. The van der Waals surface area contributed by atoms with Crippen LogP contribution in [0.3, 0.4) is 0 Å². The summed E-state index contributed by atoms with van der Waals surface area (Å²) in [5.74, 6) is 0.105. The van der Waals surface area contributed by atoms with Gasteiger partial charge in [-0.1, -0.05) is 23.7 Å². The molecular weight excluding hydrogens is 276 g/mol. The molecule has 0 unspecified atom stereocenters. The van der Waals surface area contributed by atoms with E-state index in [0.29, 0.717) is 13.0 Å². The number of halogens is 1. The molecule has 2 rings (SSSR count). The second kappa shape index (κ2) is 8.25. The summed E-state index contributed by atoms with van der Waals surface area (Å²) in [5.41, 5.74) is 1.14. The first-order valence-corrected chi connectivity index (χ1v) is 7.43. The molecule has 4 nitrogen and oxygen atoms in total. The zero-order valence-corrected chi connectivity index (χ0v) is 12.4. The fraction of sp³-hybridized carbons (Fsp3) is 0.533. The Balaban J connectivity index is 1.59. The Bertz CT molecular complexity index is 416. The molecule has 0 bridgehead atoms. The van der Waals surface area contributed by atoms with Gasteiger partial charge in [0.25, 0.3) is 0 Å². The minimum absolute atomic E-state index is 0.105. The van der Waals surface area contributed by atoms with Crippen LogP contribution in [0, 0.1) is 0 Å². The molecule has 1 aliphatic rings. The maximum Gasteiger partial charge on any atom is 0.220 e. The molecule has 0 radical (unpaired) electrons. The number of morpholine rings is 1. The Morgan fingerprint density at radius 1 is 1.25 bits per heavy atom. The van der Waals surface area contributed by atoms with E-state index in [0.717, 1.165) is 49.9 Å². The van der Waals surface area contributed by atoms with Crippen molar-refractivity contribution in [1.29, 1.82) is 0 Å². The van der Waals surface area contributed by atoms with Crippen LogP contribution in [0.2, 0.25) is 5.02 Å². The van der Waals surface area contributed by atoms with E-state index in [2.05, 4.69) is 10.2 Å². The Kier molecular flexibility index (Phi) is 6.30.